The van der Waals surface area contributed by atoms with Gasteiger partial charge in [-0.1, -0.05) is 49.1 Å². The molecule has 0 atom stereocenters. The van der Waals surface area contributed by atoms with Gasteiger partial charge in [-0.3, -0.25) is 0 Å². The minimum absolute atomic E-state index is 0.301. The van der Waals surface area contributed by atoms with Gasteiger partial charge in [-0.25, -0.2) is 4.79 Å². The second kappa shape index (κ2) is 6.78. The predicted octanol–water partition coefficient (Wildman–Crippen LogP) is 5.26. The van der Waals surface area contributed by atoms with Crippen molar-refractivity contribution in [1.29, 1.82) is 0 Å². The summed E-state index contributed by atoms with van der Waals surface area (Å²) >= 11 is 0. The average molecular weight is 294 g/mol. The van der Waals surface area contributed by atoms with Crippen molar-refractivity contribution in [3.63, 3.8) is 0 Å². The first-order chi connectivity index (χ1) is 10.7. The summed E-state index contributed by atoms with van der Waals surface area (Å²) in [4.78, 5) is 12.1. The van der Waals surface area contributed by atoms with Crippen LogP contribution in [-0.2, 0) is 0 Å². The lowest BCUT2D eigenvalue weighted by Gasteiger charge is -2.22. The van der Waals surface area contributed by atoms with E-state index in [9.17, 15) is 4.79 Å². The maximum atomic E-state index is 12.1. The van der Waals surface area contributed by atoms with Crippen LogP contribution in [0.25, 0.3) is 0 Å². The summed E-state index contributed by atoms with van der Waals surface area (Å²) in [7, 11) is 0. The first-order valence-electron chi connectivity index (χ1n) is 8.11. The van der Waals surface area contributed by atoms with E-state index in [1.54, 1.807) is 12.1 Å². The maximum Gasteiger partial charge on any atom is 0.343 e. The zero-order valence-electron chi connectivity index (χ0n) is 13.0. The van der Waals surface area contributed by atoms with E-state index in [1.807, 2.05) is 31.2 Å². The molecule has 0 saturated heterocycles. The Labute approximate surface area is 132 Å². The second-order valence-electron chi connectivity index (χ2n) is 6.16. The number of carbonyl (C=O) groups excluding carboxylic acids is 1. The molecule has 0 heterocycles. The minimum atomic E-state index is -0.301. The van der Waals surface area contributed by atoms with Crippen molar-refractivity contribution >= 4 is 5.97 Å². The van der Waals surface area contributed by atoms with Gasteiger partial charge in [0.25, 0.3) is 0 Å². The van der Waals surface area contributed by atoms with E-state index in [0.717, 1.165) is 5.56 Å². The van der Waals surface area contributed by atoms with Crippen LogP contribution in [-0.4, -0.2) is 5.97 Å². The number of esters is 1. The number of ether oxygens (including phenoxy) is 1. The van der Waals surface area contributed by atoms with Crippen molar-refractivity contribution in [2.45, 2.75) is 44.9 Å². The Kier molecular flexibility index (Phi) is 4.57. The number of aryl methyl sites for hydroxylation is 1. The fourth-order valence-corrected chi connectivity index (χ4v) is 3.10. The Morgan fingerprint density at radius 1 is 0.909 bits per heavy atom. The molecule has 1 saturated carbocycles. The van der Waals surface area contributed by atoms with Crippen molar-refractivity contribution in [1.82, 2.24) is 0 Å². The highest BCUT2D eigenvalue weighted by atomic mass is 16.5. The lowest BCUT2D eigenvalue weighted by atomic mass is 9.84. The third kappa shape index (κ3) is 3.56. The van der Waals surface area contributed by atoms with Gasteiger partial charge < -0.3 is 4.74 Å². The lowest BCUT2D eigenvalue weighted by molar-refractivity contribution is 0.0734. The Balaban J connectivity index is 1.65. The van der Waals surface area contributed by atoms with E-state index in [2.05, 4.69) is 12.1 Å². The number of hydrogen-bond donors (Lipinski definition) is 0. The first kappa shape index (κ1) is 14.8. The monoisotopic (exact) mass is 294 g/mol. The van der Waals surface area contributed by atoms with Crippen molar-refractivity contribution in [2.75, 3.05) is 0 Å². The fourth-order valence-electron chi connectivity index (χ4n) is 3.10. The van der Waals surface area contributed by atoms with E-state index in [0.29, 0.717) is 17.2 Å². The molecule has 0 spiro atoms. The molecular weight excluding hydrogens is 272 g/mol. The summed E-state index contributed by atoms with van der Waals surface area (Å²) in [5.41, 5.74) is 3.09. The van der Waals surface area contributed by atoms with Crippen LogP contribution < -0.4 is 4.74 Å². The number of benzene rings is 2. The van der Waals surface area contributed by atoms with Crippen molar-refractivity contribution in [2.24, 2.45) is 0 Å². The number of hydrogen-bond acceptors (Lipinski definition) is 2. The van der Waals surface area contributed by atoms with E-state index >= 15 is 0 Å². The molecule has 1 aliphatic carbocycles. The quantitative estimate of drug-likeness (QED) is 0.570. The van der Waals surface area contributed by atoms with Crippen LogP contribution in [0.4, 0.5) is 0 Å². The molecule has 0 unspecified atom stereocenters. The molecule has 0 N–H and O–H groups in total. The summed E-state index contributed by atoms with van der Waals surface area (Å²) in [5.74, 6) is 0.992. The molecule has 114 valence electrons. The van der Waals surface area contributed by atoms with Crippen molar-refractivity contribution in [3.05, 3.63) is 65.2 Å². The molecular formula is C20H22O2. The van der Waals surface area contributed by atoms with E-state index in [-0.39, 0.29) is 5.97 Å². The average Bonchev–Trinajstić information content (AvgIpc) is 2.57. The highest BCUT2D eigenvalue weighted by Crippen LogP contribution is 2.33. The van der Waals surface area contributed by atoms with Gasteiger partial charge in [0.1, 0.15) is 5.75 Å². The SMILES string of the molecule is Cc1ccc(C(=O)Oc2ccc(C3CCCCC3)cc2)cc1. The summed E-state index contributed by atoms with van der Waals surface area (Å²) < 4.78 is 5.44. The van der Waals surface area contributed by atoms with Crippen LogP contribution in [0.2, 0.25) is 0 Å². The van der Waals surface area contributed by atoms with Gasteiger partial charge in [0.05, 0.1) is 5.56 Å². The Hall–Kier alpha value is -2.09. The van der Waals surface area contributed by atoms with E-state index in [1.165, 1.54) is 37.7 Å². The molecule has 1 aliphatic rings. The van der Waals surface area contributed by atoms with Crippen molar-refractivity contribution in [3.8, 4) is 5.75 Å². The number of carbonyl (C=O) groups is 1. The summed E-state index contributed by atoms with van der Waals surface area (Å²) in [5, 5.41) is 0. The van der Waals surface area contributed by atoms with Crippen LogP contribution in [0.3, 0.4) is 0 Å². The molecule has 0 amide bonds. The highest BCUT2D eigenvalue weighted by Gasteiger charge is 2.15. The van der Waals surface area contributed by atoms with Crippen LogP contribution in [0.1, 0.15) is 59.5 Å². The molecule has 2 aromatic rings. The van der Waals surface area contributed by atoms with E-state index in [4.69, 9.17) is 4.74 Å². The summed E-state index contributed by atoms with van der Waals surface area (Å²) in [6.07, 6.45) is 6.58. The smallest absolute Gasteiger partial charge is 0.343 e. The molecule has 2 nitrogen and oxygen atoms in total. The van der Waals surface area contributed by atoms with Gasteiger partial charge in [0.15, 0.2) is 0 Å². The van der Waals surface area contributed by atoms with Crippen LogP contribution in [0, 0.1) is 6.92 Å². The Morgan fingerprint density at radius 3 is 2.18 bits per heavy atom. The third-order valence-corrected chi connectivity index (χ3v) is 4.45. The van der Waals surface area contributed by atoms with Gasteiger partial charge >= 0.3 is 5.97 Å². The molecule has 22 heavy (non-hydrogen) atoms. The Bertz CT molecular complexity index is 620. The molecule has 1 fully saturated rings. The van der Waals surface area contributed by atoms with Crippen molar-refractivity contribution < 1.29 is 9.53 Å². The van der Waals surface area contributed by atoms with Crippen LogP contribution in [0.5, 0.6) is 5.75 Å². The normalized spacial score (nSPS) is 15.5. The topological polar surface area (TPSA) is 26.3 Å². The molecule has 2 heteroatoms. The highest BCUT2D eigenvalue weighted by molar-refractivity contribution is 5.91. The maximum absolute atomic E-state index is 12.1. The molecule has 0 radical (unpaired) electrons. The van der Waals surface area contributed by atoms with Gasteiger partial charge in [-0.15, -0.1) is 0 Å². The lowest BCUT2D eigenvalue weighted by Crippen LogP contribution is -2.09. The summed E-state index contributed by atoms with van der Waals surface area (Å²) in [6, 6.07) is 15.5. The number of rotatable bonds is 3. The van der Waals surface area contributed by atoms with Gasteiger partial charge in [-0.2, -0.15) is 0 Å². The minimum Gasteiger partial charge on any atom is -0.423 e. The van der Waals surface area contributed by atoms with Crippen LogP contribution >= 0.6 is 0 Å². The second-order valence-corrected chi connectivity index (χ2v) is 6.16. The molecule has 0 bridgehead atoms. The zero-order valence-corrected chi connectivity index (χ0v) is 13.0. The Morgan fingerprint density at radius 2 is 1.55 bits per heavy atom. The van der Waals surface area contributed by atoms with Gasteiger partial charge in [-0.05, 0) is 55.5 Å². The standard InChI is InChI=1S/C20H22O2/c1-15-7-9-18(10-8-15)20(21)22-19-13-11-17(12-14-19)16-5-3-2-4-6-16/h7-14,16H,2-6H2,1H3. The van der Waals surface area contributed by atoms with Gasteiger partial charge in [0, 0.05) is 0 Å². The molecule has 2 aromatic carbocycles. The van der Waals surface area contributed by atoms with E-state index < -0.39 is 0 Å². The summed E-state index contributed by atoms with van der Waals surface area (Å²) in [6.45, 7) is 2.00. The zero-order chi connectivity index (χ0) is 15.4. The van der Waals surface area contributed by atoms with Crippen LogP contribution in [0.15, 0.2) is 48.5 Å². The largest absolute Gasteiger partial charge is 0.423 e. The molecule has 3 rings (SSSR count). The third-order valence-electron chi connectivity index (χ3n) is 4.45. The first-order valence-corrected chi connectivity index (χ1v) is 8.11. The van der Waals surface area contributed by atoms with Gasteiger partial charge in [0.2, 0.25) is 0 Å². The predicted molar refractivity (Wildman–Crippen MR) is 88.4 cm³/mol. The molecule has 0 aliphatic heterocycles. The fraction of sp³-hybridized carbons (Fsp3) is 0.350. The molecule has 0 aromatic heterocycles.